The van der Waals surface area contributed by atoms with Gasteiger partial charge in [-0.15, -0.1) is 0 Å². The van der Waals surface area contributed by atoms with Gasteiger partial charge >= 0.3 is 0 Å². The molecule has 5 aromatic heterocycles. The minimum atomic E-state index is -0.275. The molecule has 1 amide bonds. The molecule has 0 aliphatic carbocycles. The number of H-pyrrole nitrogens is 2. The van der Waals surface area contributed by atoms with Crippen LogP contribution in [0.3, 0.4) is 0 Å². The number of hydrogen-bond donors (Lipinski definition) is 4. The van der Waals surface area contributed by atoms with Gasteiger partial charge in [-0.05, 0) is 63.6 Å². The molecule has 56 heavy (non-hydrogen) atoms. The normalized spacial score (nSPS) is 23.2. The third kappa shape index (κ3) is 7.65. The van der Waals surface area contributed by atoms with Crippen LogP contribution >= 0.6 is 0 Å². The Morgan fingerprint density at radius 3 is 1.93 bits per heavy atom. The zero-order chi connectivity index (χ0) is 40.0. The van der Waals surface area contributed by atoms with Crippen molar-refractivity contribution in [3.05, 3.63) is 54.6 Å². The number of aliphatic hydroxyl groups excluding tert-OH is 1. The molecule has 4 aliphatic rings. The van der Waals surface area contributed by atoms with Gasteiger partial charge in [-0.2, -0.15) is 15.6 Å². The molecule has 0 saturated carbocycles. The Hall–Kier alpha value is -5.91. The smallest absolute Gasteiger partial charge is 0.261 e. The molecular formula is C39H50N14O3. The molecule has 17 heteroatoms. The lowest BCUT2D eigenvalue weighted by Gasteiger charge is -2.55. The van der Waals surface area contributed by atoms with Crippen molar-refractivity contribution in [1.82, 2.24) is 49.9 Å². The third-order valence-electron chi connectivity index (χ3n) is 11.5. The van der Waals surface area contributed by atoms with E-state index in [4.69, 9.17) is 15.6 Å². The first-order valence-corrected chi connectivity index (χ1v) is 19.0. The number of aryl methyl sites for hydroxylation is 2. The maximum Gasteiger partial charge on any atom is 0.261 e. The van der Waals surface area contributed by atoms with Gasteiger partial charge in [0.05, 0.1) is 34.1 Å². The highest BCUT2D eigenvalue weighted by Crippen LogP contribution is 2.45. The van der Waals surface area contributed by atoms with E-state index in [2.05, 4.69) is 70.0 Å². The van der Waals surface area contributed by atoms with E-state index in [0.717, 1.165) is 96.7 Å². The maximum absolute atomic E-state index is 12.2. The molecule has 4 atom stereocenters. The number of nitrogens with one attached hydrogen (secondary N) is 3. The summed E-state index contributed by atoms with van der Waals surface area (Å²) in [7, 11) is 0. The fourth-order valence-corrected chi connectivity index (χ4v) is 8.31. The summed E-state index contributed by atoms with van der Waals surface area (Å²) in [6, 6.07) is 9.61. The van der Waals surface area contributed by atoms with Crippen LogP contribution in [0, 0.1) is 48.3 Å². The molecular weight excluding hydrogens is 713 g/mol. The Morgan fingerprint density at radius 2 is 1.45 bits per heavy atom. The van der Waals surface area contributed by atoms with Gasteiger partial charge in [0, 0.05) is 69.5 Å². The summed E-state index contributed by atoms with van der Waals surface area (Å²) in [5, 5.41) is 34.3. The number of carbonyl (C=O) groups is 2. The molecule has 4 N–H and O–H groups in total. The highest BCUT2D eigenvalue weighted by Gasteiger charge is 2.56. The van der Waals surface area contributed by atoms with Crippen molar-refractivity contribution in [3.8, 4) is 12.1 Å². The van der Waals surface area contributed by atoms with Crippen LogP contribution in [0.1, 0.15) is 62.6 Å². The topological polar surface area (TPSA) is 225 Å². The molecule has 5 aromatic rings. The predicted octanol–water partition coefficient (Wildman–Crippen LogP) is 3.50. The number of nitriles is 2. The number of rotatable bonds is 4. The van der Waals surface area contributed by atoms with Crippen molar-refractivity contribution in [3.63, 3.8) is 0 Å². The summed E-state index contributed by atoms with van der Waals surface area (Å²) in [6.45, 7) is 15.7. The van der Waals surface area contributed by atoms with Crippen LogP contribution < -0.4 is 15.1 Å². The first-order valence-electron chi connectivity index (χ1n) is 19.0. The minimum Gasteiger partial charge on any atom is -0.397 e. The number of amides is 1. The zero-order valence-electron chi connectivity index (χ0n) is 32.7. The van der Waals surface area contributed by atoms with E-state index in [-0.39, 0.29) is 36.8 Å². The average Bonchev–Trinajstić information content (AvgIpc) is 4.04. The van der Waals surface area contributed by atoms with E-state index >= 15 is 0 Å². The number of hydrogen-bond acceptors (Lipinski definition) is 13. The van der Waals surface area contributed by atoms with Gasteiger partial charge in [-0.25, -0.2) is 24.6 Å². The SMILES string of the molecule is CCO.C[C@H]1CN(C(=O)CC#N)[C@]12CCN(c1ncnc3[nH]ccc13)C2.C[C@H]1CN[C@]12CCN(c1ncnc3[nH]ccc13)C2.Cc1cc(C)n(C(=O)CC#N)n1. The summed E-state index contributed by atoms with van der Waals surface area (Å²) < 4.78 is 1.26. The number of aromatic nitrogens is 8. The molecule has 4 fully saturated rings. The van der Waals surface area contributed by atoms with Gasteiger partial charge < -0.3 is 35.1 Å². The minimum absolute atomic E-state index is 0.0377. The van der Waals surface area contributed by atoms with Crippen molar-refractivity contribution in [2.24, 2.45) is 11.8 Å². The standard InChI is InChI=1S/C16H18N6O.C13H17N5.C8H9N3O.C2H6O/c1-11-8-22(13(23)2-5-17)16(11)4-7-21(9-16)15-12-3-6-18-14(12)19-10-20-15;1-9-6-17-13(9)3-5-18(7-13)12-10-2-4-14-11(10)15-8-16-12;1-6-5-7(2)11(10-6)8(12)3-4-9;1-2-3/h3,6,10-11H,2,4,7-9H2,1H3,(H,18,19,20);2,4,8-9,17H,3,5-7H2,1H3,(H,14,15,16);5H,3H2,1-2H3;3H,2H2,1H3/t11-,16-;9-,13-;;/m00../s1. The summed E-state index contributed by atoms with van der Waals surface area (Å²) in [5.41, 5.74) is 3.49. The van der Waals surface area contributed by atoms with Gasteiger partial charge in [-0.3, -0.25) is 9.59 Å². The van der Waals surface area contributed by atoms with Crippen LogP contribution in [-0.2, 0) is 4.79 Å². The van der Waals surface area contributed by atoms with Crippen LogP contribution in [-0.4, -0.2) is 118 Å². The van der Waals surface area contributed by atoms with E-state index in [1.807, 2.05) is 36.4 Å². The van der Waals surface area contributed by atoms with Crippen molar-refractivity contribution >= 4 is 45.5 Å². The highest BCUT2D eigenvalue weighted by atomic mass is 16.2. The molecule has 294 valence electrons. The molecule has 0 radical (unpaired) electrons. The summed E-state index contributed by atoms with van der Waals surface area (Å²) >= 11 is 0. The van der Waals surface area contributed by atoms with Gasteiger partial charge in [0.25, 0.3) is 5.91 Å². The molecule has 0 unspecified atom stereocenters. The largest absolute Gasteiger partial charge is 0.397 e. The molecule has 4 aliphatic heterocycles. The van der Waals surface area contributed by atoms with Crippen LogP contribution in [0.25, 0.3) is 22.1 Å². The second kappa shape index (κ2) is 16.8. The first kappa shape index (κ1) is 39.8. The molecule has 0 bridgehead atoms. The van der Waals surface area contributed by atoms with Gasteiger partial charge in [0.2, 0.25) is 5.91 Å². The quantitative estimate of drug-likeness (QED) is 0.206. The molecule has 9 heterocycles. The Balaban J connectivity index is 0.000000144. The third-order valence-corrected chi connectivity index (χ3v) is 11.5. The molecule has 4 saturated heterocycles. The molecule has 0 aromatic carbocycles. The predicted molar refractivity (Wildman–Crippen MR) is 210 cm³/mol. The number of fused-ring (bicyclic) bond motifs is 2. The average molecular weight is 763 g/mol. The monoisotopic (exact) mass is 762 g/mol. The van der Waals surface area contributed by atoms with E-state index in [1.54, 1.807) is 38.6 Å². The van der Waals surface area contributed by atoms with Crippen LogP contribution in [0.2, 0.25) is 0 Å². The van der Waals surface area contributed by atoms with E-state index in [1.165, 1.54) is 11.1 Å². The number of aliphatic hydroxyl groups is 1. The van der Waals surface area contributed by atoms with Crippen molar-refractivity contribution in [2.45, 2.75) is 71.4 Å². The zero-order valence-corrected chi connectivity index (χ0v) is 32.7. The second-order valence-electron chi connectivity index (χ2n) is 14.9. The Morgan fingerprint density at radius 1 is 0.875 bits per heavy atom. The van der Waals surface area contributed by atoms with E-state index in [0.29, 0.717) is 11.5 Å². The van der Waals surface area contributed by atoms with Crippen LogP contribution in [0.5, 0.6) is 0 Å². The molecule has 9 rings (SSSR count). The Kier molecular flexibility index (Phi) is 12.0. The van der Waals surface area contributed by atoms with Crippen molar-refractivity contribution < 1.29 is 14.7 Å². The summed E-state index contributed by atoms with van der Waals surface area (Å²) in [4.78, 5) is 53.6. The van der Waals surface area contributed by atoms with Gasteiger partial charge in [-0.1, -0.05) is 13.8 Å². The Bertz CT molecular complexity index is 2250. The van der Waals surface area contributed by atoms with Gasteiger partial charge in [0.1, 0.15) is 48.4 Å². The number of carbonyl (C=O) groups excluding carboxylic acids is 2. The van der Waals surface area contributed by atoms with Gasteiger partial charge in [0.15, 0.2) is 0 Å². The highest BCUT2D eigenvalue weighted by molar-refractivity contribution is 5.88. The molecule has 17 nitrogen and oxygen atoms in total. The van der Waals surface area contributed by atoms with E-state index in [9.17, 15) is 9.59 Å². The first-order chi connectivity index (χ1) is 27.0. The lowest BCUT2D eigenvalue weighted by atomic mass is 9.74. The van der Waals surface area contributed by atoms with Crippen molar-refractivity contribution in [2.75, 3.05) is 55.7 Å². The molecule has 2 spiro atoms. The number of aromatic amines is 2. The van der Waals surface area contributed by atoms with Crippen LogP contribution in [0.15, 0.2) is 43.2 Å². The lowest BCUT2D eigenvalue weighted by Crippen LogP contribution is -2.69. The number of nitrogens with zero attached hydrogens (tertiary/aromatic N) is 11. The Labute approximate surface area is 325 Å². The summed E-state index contributed by atoms with van der Waals surface area (Å²) in [5.74, 6) is 2.87. The number of anilines is 2. The fourth-order valence-electron chi connectivity index (χ4n) is 8.31. The van der Waals surface area contributed by atoms with E-state index < -0.39 is 0 Å². The number of likely N-dealkylation sites (tertiary alicyclic amines) is 1. The van der Waals surface area contributed by atoms with Crippen LogP contribution in [0.4, 0.5) is 11.6 Å². The lowest BCUT2D eigenvalue weighted by molar-refractivity contribution is -0.152. The summed E-state index contributed by atoms with van der Waals surface area (Å²) in [6.07, 6.45) is 8.98. The second-order valence-corrected chi connectivity index (χ2v) is 14.9. The maximum atomic E-state index is 12.2. The fraction of sp³-hybridized carbons (Fsp3) is 0.513. The van der Waals surface area contributed by atoms with Crippen molar-refractivity contribution in [1.29, 1.82) is 10.5 Å².